The van der Waals surface area contributed by atoms with E-state index in [1.807, 2.05) is 0 Å². The zero-order valence-corrected chi connectivity index (χ0v) is 54.3. The molecule has 0 fully saturated rings. The normalized spacial score (nSPS) is 12.4. The summed E-state index contributed by atoms with van der Waals surface area (Å²) in [7, 11) is 0. The highest BCUT2D eigenvalue weighted by Gasteiger charge is 2.19. The minimum atomic E-state index is -0.779. The summed E-state index contributed by atoms with van der Waals surface area (Å²) in [5.74, 6) is -0.867. The molecule has 0 saturated heterocycles. The van der Waals surface area contributed by atoms with Gasteiger partial charge in [-0.1, -0.05) is 313 Å². The van der Waals surface area contributed by atoms with Crippen LogP contribution in [-0.4, -0.2) is 37.2 Å². The molecule has 6 heteroatoms. The molecule has 0 aliphatic heterocycles. The van der Waals surface area contributed by atoms with E-state index >= 15 is 0 Å². The van der Waals surface area contributed by atoms with Crippen LogP contribution in [0.15, 0.2) is 60.8 Å². The molecule has 0 rings (SSSR count). The Morgan fingerprint density at radius 1 is 0.247 bits per heavy atom. The molecule has 0 spiro atoms. The van der Waals surface area contributed by atoms with E-state index in [0.29, 0.717) is 19.3 Å². The van der Waals surface area contributed by atoms with Crippen molar-refractivity contribution in [1.82, 2.24) is 0 Å². The molecule has 1 unspecified atom stereocenters. The molecule has 0 aromatic rings. The summed E-state index contributed by atoms with van der Waals surface area (Å²) in [6.07, 6.45) is 89.8. The third-order valence-corrected chi connectivity index (χ3v) is 16.0. The lowest BCUT2D eigenvalue weighted by molar-refractivity contribution is -0.167. The van der Waals surface area contributed by atoms with Crippen LogP contribution in [0.1, 0.15) is 380 Å². The van der Waals surface area contributed by atoms with Crippen molar-refractivity contribution in [3.05, 3.63) is 60.8 Å². The van der Waals surface area contributed by atoms with Crippen molar-refractivity contribution in [1.29, 1.82) is 0 Å². The number of hydrogen-bond acceptors (Lipinski definition) is 6. The van der Waals surface area contributed by atoms with Crippen molar-refractivity contribution in [2.45, 2.75) is 386 Å². The highest BCUT2D eigenvalue weighted by Crippen LogP contribution is 2.18. The fourth-order valence-corrected chi connectivity index (χ4v) is 10.6. The second kappa shape index (κ2) is 69.6. The molecule has 0 saturated carbocycles. The van der Waals surface area contributed by atoms with Gasteiger partial charge >= 0.3 is 17.9 Å². The van der Waals surface area contributed by atoms with Gasteiger partial charge in [-0.2, -0.15) is 0 Å². The summed E-state index contributed by atoms with van der Waals surface area (Å²) in [5, 5.41) is 0. The largest absolute Gasteiger partial charge is 0.462 e. The second-order valence-corrected chi connectivity index (χ2v) is 24.1. The summed E-state index contributed by atoms with van der Waals surface area (Å²) in [6, 6.07) is 0. The van der Waals surface area contributed by atoms with Crippen LogP contribution in [0.4, 0.5) is 0 Å². The van der Waals surface area contributed by atoms with Gasteiger partial charge in [0.05, 0.1) is 0 Å². The topological polar surface area (TPSA) is 78.9 Å². The molecule has 0 N–H and O–H groups in total. The highest BCUT2D eigenvalue weighted by atomic mass is 16.6. The molecule has 6 nitrogen and oxygen atoms in total. The van der Waals surface area contributed by atoms with Gasteiger partial charge in [-0.05, 0) is 109 Å². The average molecular weight is 1130 g/mol. The Morgan fingerprint density at radius 2 is 0.444 bits per heavy atom. The van der Waals surface area contributed by atoms with Gasteiger partial charge in [0.2, 0.25) is 0 Å². The maximum atomic E-state index is 12.9. The fourth-order valence-electron chi connectivity index (χ4n) is 10.6. The number of hydrogen-bond donors (Lipinski definition) is 0. The Hall–Kier alpha value is -2.89. The van der Waals surface area contributed by atoms with Gasteiger partial charge in [-0.25, -0.2) is 0 Å². The van der Waals surface area contributed by atoms with Gasteiger partial charge in [0.25, 0.3) is 0 Å². The van der Waals surface area contributed by atoms with Crippen molar-refractivity contribution < 1.29 is 28.6 Å². The number of esters is 3. The number of allylic oxidation sites excluding steroid dienone is 10. The van der Waals surface area contributed by atoms with E-state index in [4.69, 9.17) is 14.2 Å². The second-order valence-electron chi connectivity index (χ2n) is 24.1. The smallest absolute Gasteiger partial charge is 0.306 e. The molecule has 0 heterocycles. The summed E-state index contributed by atoms with van der Waals surface area (Å²) in [4.78, 5) is 38.4. The summed E-state index contributed by atoms with van der Waals surface area (Å²) in [6.45, 7) is 6.64. The van der Waals surface area contributed by atoms with Gasteiger partial charge in [-0.3, -0.25) is 14.4 Å². The zero-order valence-electron chi connectivity index (χ0n) is 54.3. The van der Waals surface area contributed by atoms with Crippen molar-refractivity contribution in [2.75, 3.05) is 13.2 Å². The van der Waals surface area contributed by atoms with Crippen LogP contribution in [-0.2, 0) is 28.6 Å². The van der Waals surface area contributed by atoms with E-state index in [9.17, 15) is 14.4 Å². The van der Waals surface area contributed by atoms with Gasteiger partial charge in [-0.15, -0.1) is 0 Å². The van der Waals surface area contributed by atoms with E-state index in [-0.39, 0.29) is 31.1 Å². The molecular formula is C75H136O6. The van der Waals surface area contributed by atoms with Crippen molar-refractivity contribution >= 4 is 17.9 Å². The monoisotopic (exact) mass is 1130 g/mol. The lowest BCUT2D eigenvalue weighted by atomic mass is 10.0. The third-order valence-electron chi connectivity index (χ3n) is 16.0. The van der Waals surface area contributed by atoms with Crippen molar-refractivity contribution in [3.63, 3.8) is 0 Å². The number of carbonyl (C=O) groups is 3. The minimum absolute atomic E-state index is 0.0746. The molecule has 0 aromatic heterocycles. The number of unbranched alkanes of at least 4 members (excludes halogenated alkanes) is 45. The van der Waals surface area contributed by atoms with E-state index in [0.717, 1.165) is 77.0 Å². The molecule has 0 bridgehead atoms. The van der Waals surface area contributed by atoms with Gasteiger partial charge in [0, 0.05) is 19.3 Å². The number of ether oxygens (including phenoxy) is 3. The number of rotatable bonds is 66. The van der Waals surface area contributed by atoms with Crippen molar-refractivity contribution in [3.8, 4) is 0 Å². The molecule has 472 valence electrons. The Kier molecular flexibility index (Phi) is 67.1. The van der Waals surface area contributed by atoms with Gasteiger partial charge in [0.15, 0.2) is 6.10 Å². The Morgan fingerprint density at radius 3 is 0.728 bits per heavy atom. The first-order chi connectivity index (χ1) is 40.0. The van der Waals surface area contributed by atoms with Crippen LogP contribution in [0.2, 0.25) is 0 Å². The minimum Gasteiger partial charge on any atom is -0.462 e. The Labute approximate surface area is 504 Å². The molecule has 0 amide bonds. The van der Waals surface area contributed by atoms with Gasteiger partial charge in [0.1, 0.15) is 13.2 Å². The lowest BCUT2D eigenvalue weighted by Crippen LogP contribution is -2.30. The zero-order chi connectivity index (χ0) is 58.5. The standard InChI is InChI=1S/C75H136O6/c1-4-7-10-13-16-19-22-25-27-29-31-32-33-34-35-36-37-38-39-40-41-42-43-44-45-47-48-50-53-56-59-62-65-68-74(77)80-71-72(70-79-73(76)67-64-61-58-55-52-24-21-18-15-12-9-6-3)81-75(78)69-66-63-60-57-54-51-49-46-30-28-26-23-20-17-14-11-8-5-2/h18,21-22,25,28-31,33-34,72H,4-17,19-20,23-24,26-27,32,35-71H2,1-3H3/b21-18-,25-22-,30-28-,31-29-,34-33-. The fraction of sp³-hybridized carbons (Fsp3) is 0.827. The SMILES string of the molecule is CCCCC/C=C\CCCCCCCC(=O)OCC(COC(=O)CCCCCCCCCCCCCCCCCCCC/C=C\C/C=C\C/C=C\CCCCCCC)OC(=O)CCCCCCCCC/C=C\CCCCCCCCC. The first kappa shape index (κ1) is 78.1. The molecule has 1 atom stereocenters. The summed E-state index contributed by atoms with van der Waals surface area (Å²) >= 11 is 0. The predicted molar refractivity (Wildman–Crippen MR) is 353 cm³/mol. The maximum absolute atomic E-state index is 12.9. The summed E-state index contributed by atoms with van der Waals surface area (Å²) < 4.78 is 17.0. The molecule has 0 radical (unpaired) electrons. The van der Waals surface area contributed by atoms with E-state index < -0.39 is 6.10 Å². The lowest BCUT2D eigenvalue weighted by Gasteiger charge is -2.18. The first-order valence-corrected chi connectivity index (χ1v) is 35.8. The highest BCUT2D eigenvalue weighted by molar-refractivity contribution is 5.71. The molecular weight excluding hydrogens is 997 g/mol. The number of carbonyl (C=O) groups excluding carboxylic acids is 3. The quantitative estimate of drug-likeness (QED) is 0.0261. The molecule has 81 heavy (non-hydrogen) atoms. The van der Waals surface area contributed by atoms with Gasteiger partial charge < -0.3 is 14.2 Å². The third kappa shape index (κ3) is 67.8. The van der Waals surface area contributed by atoms with Crippen LogP contribution < -0.4 is 0 Å². The van der Waals surface area contributed by atoms with E-state index in [1.165, 1.54) is 263 Å². The molecule has 0 aromatic carbocycles. The van der Waals surface area contributed by atoms with Crippen molar-refractivity contribution in [2.24, 2.45) is 0 Å². The Balaban J connectivity index is 4.13. The first-order valence-electron chi connectivity index (χ1n) is 35.8. The van der Waals surface area contributed by atoms with E-state index in [1.54, 1.807) is 0 Å². The Bertz CT molecular complexity index is 1440. The van der Waals surface area contributed by atoms with Crippen LogP contribution in [0.5, 0.6) is 0 Å². The molecule has 0 aliphatic carbocycles. The molecule has 0 aliphatic rings. The maximum Gasteiger partial charge on any atom is 0.306 e. The van der Waals surface area contributed by atoms with Crippen LogP contribution in [0.25, 0.3) is 0 Å². The predicted octanol–water partition coefficient (Wildman–Crippen LogP) is 24.7. The van der Waals surface area contributed by atoms with Crippen LogP contribution >= 0.6 is 0 Å². The van der Waals surface area contributed by atoms with Crippen LogP contribution in [0.3, 0.4) is 0 Å². The van der Waals surface area contributed by atoms with Crippen LogP contribution in [0, 0.1) is 0 Å². The van der Waals surface area contributed by atoms with E-state index in [2.05, 4.69) is 81.5 Å². The summed E-state index contributed by atoms with van der Waals surface area (Å²) in [5.41, 5.74) is 0. The average Bonchev–Trinajstić information content (AvgIpc) is 3.47.